The number of hydrazine groups is 1. The van der Waals surface area contributed by atoms with Crippen LogP contribution in [-0.2, 0) is 4.79 Å². The third-order valence-electron chi connectivity index (χ3n) is 1.65. The summed E-state index contributed by atoms with van der Waals surface area (Å²) in [6.07, 6.45) is 0.432. The summed E-state index contributed by atoms with van der Waals surface area (Å²) in [5.74, 6) is 0.0878. The van der Waals surface area contributed by atoms with Crippen LogP contribution in [0.15, 0.2) is 0 Å². The molecule has 0 aromatic rings. The summed E-state index contributed by atoms with van der Waals surface area (Å²) in [5, 5.41) is 1.81. The number of hydrogen-bond acceptors (Lipinski definition) is 4. The zero-order valence-electron chi connectivity index (χ0n) is 8.87. The van der Waals surface area contributed by atoms with E-state index in [1.165, 1.54) is 0 Å². The minimum Gasteiger partial charge on any atom is -0.349 e. The van der Waals surface area contributed by atoms with Crippen molar-refractivity contribution in [2.24, 2.45) is 5.73 Å². The summed E-state index contributed by atoms with van der Waals surface area (Å²) >= 11 is 0. The van der Waals surface area contributed by atoms with Gasteiger partial charge in [0.15, 0.2) is 0 Å². The predicted molar refractivity (Wildman–Crippen MR) is 53.0 cm³/mol. The Morgan fingerprint density at radius 2 is 1.92 bits per heavy atom. The van der Waals surface area contributed by atoms with Gasteiger partial charge in [0.2, 0.25) is 5.91 Å². The standard InChI is InChI=1S/C8H20N4O/c1-11(2)8(13)5-7(6-9)10-12(3)4/h7,10H,5-6,9H2,1-4H3. The molecule has 0 saturated carbocycles. The van der Waals surface area contributed by atoms with Crippen molar-refractivity contribution in [1.29, 1.82) is 0 Å². The summed E-state index contributed by atoms with van der Waals surface area (Å²) in [6, 6.07) is 0.0184. The Balaban J connectivity index is 3.90. The molecule has 0 fully saturated rings. The lowest BCUT2D eigenvalue weighted by molar-refractivity contribution is -0.129. The van der Waals surface area contributed by atoms with Crippen LogP contribution >= 0.6 is 0 Å². The second-order valence-electron chi connectivity index (χ2n) is 3.45. The van der Waals surface area contributed by atoms with Gasteiger partial charge in [-0.1, -0.05) is 0 Å². The van der Waals surface area contributed by atoms with E-state index in [4.69, 9.17) is 5.73 Å². The summed E-state index contributed by atoms with van der Waals surface area (Å²) < 4.78 is 0. The van der Waals surface area contributed by atoms with Crippen LogP contribution in [0.25, 0.3) is 0 Å². The van der Waals surface area contributed by atoms with Gasteiger partial charge in [0, 0.05) is 47.2 Å². The molecule has 0 aliphatic carbocycles. The second kappa shape index (κ2) is 5.90. The molecule has 1 amide bonds. The molecule has 1 unspecified atom stereocenters. The number of nitrogens with zero attached hydrogens (tertiary/aromatic N) is 2. The van der Waals surface area contributed by atoms with Gasteiger partial charge < -0.3 is 10.6 Å². The van der Waals surface area contributed by atoms with Crippen LogP contribution in [0.1, 0.15) is 6.42 Å². The van der Waals surface area contributed by atoms with E-state index >= 15 is 0 Å². The third kappa shape index (κ3) is 5.57. The number of carbonyl (C=O) groups is 1. The van der Waals surface area contributed by atoms with E-state index < -0.39 is 0 Å². The number of hydrogen-bond donors (Lipinski definition) is 2. The van der Waals surface area contributed by atoms with Crippen molar-refractivity contribution >= 4 is 5.91 Å². The Bertz CT molecular complexity index is 158. The summed E-state index contributed by atoms with van der Waals surface area (Å²) in [4.78, 5) is 12.9. The Morgan fingerprint density at radius 1 is 1.38 bits per heavy atom. The smallest absolute Gasteiger partial charge is 0.223 e. The molecule has 0 radical (unpaired) electrons. The van der Waals surface area contributed by atoms with Crippen LogP contribution in [0.2, 0.25) is 0 Å². The highest BCUT2D eigenvalue weighted by molar-refractivity contribution is 5.76. The van der Waals surface area contributed by atoms with Gasteiger partial charge in [-0.2, -0.15) is 0 Å². The molecule has 0 saturated heterocycles. The molecule has 5 heteroatoms. The van der Waals surface area contributed by atoms with Gasteiger partial charge in [-0.05, 0) is 0 Å². The lowest BCUT2D eigenvalue weighted by Gasteiger charge is -2.22. The molecule has 0 aliphatic rings. The van der Waals surface area contributed by atoms with E-state index in [0.29, 0.717) is 13.0 Å². The van der Waals surface area contributed by atoms with Crippen molar-refractivity contribution < 1.29 is 4.79 Å². The van der Waals surface area contributed by atoms with Gasteiger partial charge in [0.1, 0.15) is 0 Å². The fourth-order valence-electron chi connectivity index (χ4n) is 0.940. The SMILES string of the molecule is CN(C)NC(CN)CC(=O)N(C)C. The van der Waals surface area contributed by atoms with Gasteiger partial charge >= 0.3 is 0 Å². The average Bonchev–Trinajstić information content (AvgIpc) is 2.02. The third-order valence-corrected chi connectivity index (χ3v) is 1.65. The highest BCUT2D eigenvalue weighted by atomic mass is 16.2. The molecule has 13 heavy (non-hydrogen) atoms. The van der Waals surface area contributed by atoms with Crippen LogP contribution in [0.5, 0.6) is 0 Å². The normalized spacial score (nSPS) is 13.1. The molecule has 5 nitrogen and oxygen atoms in total. The van der Waals surface area contributed by atoms with E-state index in [0.717, 1.165) is 0 Å². The summed E-state index contributed by atoms with van der Waals surface area (Å²) in [5.41, 5.74) is 8.59. The van der Waals surface area contributed by atoms with Crippen LogP contribution < -0.4 is 11.2 Å². The molecule has 0 spiro atoms. The number of nitrogens with one attached hydrogen (secondary N) is 1. The first kappa shape index (κ1) is 12.3. The zero-order valence-corrected chi connectivity index (χ0v) is 8.87. The van der Waals surface area contributed by atoms with E-state index in [-0.39, 0.29) is 11.9 Å². The second-order valence-corrected chi connectivity index (χ2v) is 3.45. The van der Waals surface area contributed by atoms with E-state index in [9.17, 15) is 4.79 Å². The fraction of sp³-hybridized carbons (Fsp3) is 0.875. The first-order valence-corrected chi connectivity index (χ1v) is 4.31. The molecule has 0 aliphatic heterocycles. The van der Waals surface area contributed by atoms with Gasteiger partial charge in [0.05, 0.1) is 0 Å². The van der Waals surface area contributed by atoms with Crippen molar-refractivity contribution in [1.82, 2.24) is 15.3 Å². The van der Waals surface area contributed by atoms with Crippen molar-refractivity contribution in [2.45, 2.75) is 12.5 Å². The first-order valence-electron chi connectivity index (χ1n) is 4.31. The molecule has 0 aromatic heterocycles. The Labute approximate surface area is 79.8 Å². The maximum Gasteiger partial charge on any atom is 0.223 e. The largest absolute Gasteiger partial charge is 0.349 e. The van der Waals surface area contributed by atoms with E-state index in [1.807, 2.05) is 14.1 Å². The van der Waals surface area contributed by atoms with E-state index in [2.05, 4.69) is 5.43 Å². The first-order chi connectivity index (χ1) is 5.97. The van der Waals surface area contributed by atoms with Gasteiger partial charge in [-0.15, -0.1) is 0 Å². The molecule has 78 valence electrons. The molecule has 3 N–H and O–H groups in total. The molecule has 0 rings (SSSR count). The lowest BCUT2D eigenvalue weighted by Crippen LogP contribution is -2.46. The maximum atomic E-state index is 11.3. The Hall–Kier alpha value is -0.650. The van der Waals surface area contributed by atoms with Crippen LogP contribution in [0, 0.1) is 0 Å². The quantitative estimate of drug-likeness (QED) is 0.535. The van der Waals surface area contributed by atoms with Crippen LogP contribution in [-0.4, -0.2) is 56.6 Å². The number of nitrogens with two attached hydrogens (primary N) is 1. The average molecular weight is 188 g/mol. The minimum absolute atomic E-state index is 0.0184. The van der Waals surface area contributed by atoms with Crippen LogP contribution in [0.3, 0.4) is 0 Å². The van der Waals surface area contributed by atoms with Crippen molar-refractivity contribution in [3.63, 3.8) is 0 Å². The Kier molecular flexibility index (Phi) is 5.61. The Morgan fingerprint density at radius 3 is 2.23 bits per heavy atom. The highest BCUT2D eigenvalue weighted by Gasteiger charge is 2.13. The highest BCUT2D eigenvalue weighted by Crippen LogP contribution is 1.94. The van der Waals surface area contributed by atoms with Gasteiger partial charge in [0.25, 0.3) is 0 Å². The van der Waals surface area contributed by atoms with Gasteiger partial charge in [-0.25, -0.2) is 0 Å². The lowest BCUT2D eigenvalue weighted by atomic mass is 10.2. The molecular weight excluding hydrogens is 168 g/mol. The van der Waals surface area contributed by atoms with Crippen molar-refractivity contribution in [2.75, 3.05) is 34.7 Å². The topological polar surface area (TPSA) is 61.6 Å². The monoisotopic (exact) mass is 188 g/mol. The maximum absolute atomic E-state index is 11.3. The van der Waals surface area contributed by atoms with Gasteiger partial charge in [-0.3, -0.25) is 15.2 Å². The molecule has 0 bridgehead atoms. The molecule has 0 heterocycles. The zero-order chi connectivity index (χ0) is 10.4. The van der Waals surface area contributed by atoms with E-state index in [1.54, 1.807) is 24.0 Å². The summed E-state index contributed by atoms with van der Waals surface area (Å²) in [7, 11) is 7.24. The molecule has 0 aromatic carbocycles. The molecule has 1 atom stereocenters. The van der Waals surface area contributed by atoms with Crippen LogP contribution in [0.4, 0.5) is 0 Å². The fourth-order valence-corrected chi connectivity index (χ4v) is 0.940. The number of rotatable bonds is 5. The minimum atomic E-state index is 0.0184. The molecular formula is C8H20N4O. The summed E-state index contributed by atoms with van der Waals surface area (Å²) in [6.45, 7) is 0.456. The number of carbonyl (C=O) groups excluding carboxylic acids is 1. The number of amides is 1. The van der Waals surface area contributed by atoms with Crippen molar-refractivity contribution in [3.8, 4) is 0 Å². The predicted octanol–water partition coefficient (Wildman–Crippen LogP) is -1.14. The van der Waals surface area contributed by atoms with Crippen molar-refractivity contribution in [3.05, 3.63) is 0 Å².